The maximum absolute atomic E-state index is 13.7. The number of halogens is 3. The topological polar surface area (TPSA) is 39.2 Å². The van der Waals surface area contributed by atoms with Crippen molar-refractivity contribution in [1.82, 2.24) is 4.98 Å². The Hall–Kier alpha value is -3.03. The summed E-state index contributed by atoms with van der Waals surface area (Å²) in [6, 6.07) is 22.6. The highest BCUT2D eigenvalue weighted by Gasteiger charge is 2.45. The number of ether oxygens (including phenoxy) is 1. The van der Waals surface area contributed by atoms with Crippen LogP contribution in [0, 0.1) is 17.0 Å². The Morgan fingerprint density at radius 3 is 2.62 bits per heavy atom. The van der Waals surface area contributed by atoms with Crippen LogP contribution < -0.4 is 0 Å². The van der Waals surface area contributed by atoms with Crippen LogP contribution in [0.15, 0.2) is 77.3 Å². The first-order chi connectivity index (χ1) is 19.3. The van der Waals surface area contributed by atoms with Gasteiger partial charge in [0.05, 0.1) is 24.7 Å². The first-order valence-electron chi connectivity index (χ1n) is 13.3. The molecule has 40 heavy (non-hydrogen) atoms. The second kappa shape index (κ2) is 12.6. The van der Waals surface area contributed by atoms with Gasteiger partial charge >= 0.3 is 5.97 Å². The summed E-state index contributed by atoms with van der Waals surface area (Å²) in [6.45, 7) is 0. The molecule has 3 nitrogen and oxygen atoms in total. The number of esters is 1. The van der Waals surface area contributed by atoms with E-state index < -0.39 is 11.6 Å². The van der Waals surface area contributed by atoms with E-state index in [9.17, 15) is 13.6 Å². The van der Waals surface area contributed by atoms with E-state index in [1.54, 1.807) is 12.1 Å². The van der Waals surface area contributed by atoms with Gasteiger partial charge in [0.15, 0.2) is 11.6 Å². The van der Waals surface area contributed by atoms with E-state index in [1.807, 2.05) is 36.0 Å². The molecule has 0 saturated heterocycles. The van der Waals surface area contributed by atoms with Gasteiger partial charge in [-0.15, -0.1) is 0 Å². The lowest BCUT2D eigenvalue weighted by atomic mass is 10.0. The van der Waals surface area contributed by atoms with Crippen LogP contribution in [-0.4, -0.2) is 23.8 Å². The van der Waals surface area contributed by atoms with Gasteiger partial charge in [-0.1, -0.05) is 70.5 Å². The predicted octanol–water partition coefficient (Wildman–Crippen LogP) is 9.20. The largest absolute Gasteiger partial charge is 0.469 e. The molecular weight excluding hydrogens is 592 g/mol. The van der Waals surface area contributed by atoms with Crippen molar-refractivity contribution in [3.05, 3.63) is 111 Å². The molecule has 0 bridgehead atoms. The molecule has 0 aliphatic heterocycles. The number of hydrogen-bond acceptors (Lipinski definition) is 4. The number of methoxy groups -OCH3 is 1. The molecule has 3 aromatic carbocycles. The molecular formula is C33H30BrF2NO2S. The van der Waals surface area contributed by atoms with Gasteiger partial charge in [0.25, 0.3) is 0 Å². The molecule has 5 rings (SSSR count). The van der Waals surface area contributed by atoms with Crippen LogP contribution in [0.5, 0.6) is 0 Å². The molecule has 0 spiro atoms. The summed E-state index contributed by atoms with van der Waals surface area (Å²) in [5.41, 5.74) is 4.68. The Balaban J connectivity index is 1.35. The normalized spacial score (nSPS) is 14.9. The molecule has 1 atom stereocenters. The van der Waals surface area contributed by atoms with Crippen LogP contribution in [0.3, 0.4) is 0 Å². The number of aryl methyl sites for hydroxylation is 1. The van der Waals surface area contributed by atoms with Crippen molar-refractivity contribution in [1.29, 1.82) is 0 Å². The minimum absolute atomic E-state index is 0.0466. The second-order valence-electron chi connectivity index (χ2n) is 10.4. The summed E-state index contributed by atoms with van der Waals surface area (Å²) >= 11 is 5.61. The van der Waals surface area contributed by atoms with Gasteiger partial charge in [-0.3, -0.25) is 4.79 Å². The third kappa shape index (κ3) is 7.18. The summed E-state index contributed by atoms with van der Waals surface area (Å²) in [4.78, 5) is 16.5. The fourth-order valence-corrected chi connectivity index (χ4v) is 6.86. The zero-order valence-corrected chi connectivity index (χ0v) is 24.6. The Morgan fingerprint density at radius 1 is 1.05 bits per heavy atom. The van der Waals surface area contributed by atoms with E-state index in [-0.39, 0.29) is 16.6 Å². The number of benzene rings is 3. The lowest BCUT2D eigenvalue weighted by molar-refractivity contribution is -0.141. The van der Waals surface area contributed by atoms with Gasteiger partial charge in [0.2, 0.25) is 0 Å². The van der Waals surface area contributed by atoms with Crippen molar-refractivity contribution < 1.29 is 18.3 Å². The van der Waals surface area contributed by atoms with E-state index in [4.69, 9.17) is 4.74 Å². The Kier molecular flexibility index (Phi) is 9.01. The zero-order chi connectivity index (χ0) is 28.1. The quantitative estimate of drug-likeness (QED) is 0.156. The van der Waals surface area contributed by atoms with Crippen molar-refractivity contribution in [2.24, 2.45) is 5.41 Å². The Bertz CT molecular complexity index is 1550. The smallest absolute Gasteiger partial charge is 0.306 e. The van der Waals surface area contributed by atoms with Crippen molar-refractivity contribution in [2.45, 2.75) is 37.4 Å². The summed E-state index contributed by atoms with van der Waals surface area (Å²) in [5, 5.41) is 0.816. The van der Waals surface area contributed by atoms with Crippen molar-refractivity contribution >= 4 is 56.7 Å². The number of hydrogen-bond donors (Lipinski definition) is 0. The summed E-state index contributed by atoms with van der Waals surface area (Å²) in [6.07, 6.45) is 8.37. The van der Waals surface area contributed by atoms with Gasteiger partial charge in [0.1, 0.15) is 0 Å². The lowest BCUT2D eigenvalue weighted by Crippen LogP contribution is -2.14. The summed E-state index contributed by atoms with van der Waals surface area (Å²) in [7, 11) is 1.45. The van der Waals surface area contributed by atoms with Gasteiger partial charge in [-0.25, -0.2) is 13.8 Å². The molecule has 0 amide bonds. The monoisotopic (exact) mass is 621 g/mol. The van der Waals surface area contributed by atoms with Crippen molar-refractivity contribution in [2.75, 3.05) is 12.9 Å². The maximum atomic E-state index is 13.7. The number of aromatic nitrogens is 1. The van der Waals surface area contributed by atoms with Gasteiger partial charge < -0.3 is 4.74 Å². The molecule has 7 heteroatoms. The highest BCUT2D eigenvalue weighted by Crippen LogP contribution is 2.53. The molecule has 1 fully saturated rings. The second-order valence-corrected chi connectivity index (χ2v) is 12.4. The van der Waals surface area contributed by atoms with Crippen molar-refractivity contribution in [3.8, 4) is 0 Å². The van der Waals surface area contributed by atoms with Crippen LogP contribution in [-0.2, 0) is 16.0 Å². The molecule has 1 saturated carbocycles. The first kappa shape index (κ1) is 28.5. The van der Waals surface area contributed by atoms with Gasteiger partial charge in [-0.2, -0.15) is 11.8 Å². The number of pyridine rings is 1. The molecule has 4 aromatic rings. The number of carbonyl (C=O) groups excluding carboxylic acids is 1. The van der Waals surface area contributed by atoms with Crippen LogP contribution in [0.2, 0.25) is 0 Å². The fraction of sp³-hybridized carbons (Fsp3) is 0.273. The van der Waals surface area contributed by atoms with Crippen LogP contribution >= 0.6 is 27.7 Å². The third-order valence-corrected chi connectivity index (χ3v) is 9.87. The predicted molar refractivity (Wildman–Crippen MR) is 163 cm³/mol. The van der Waals surface area contributed by atoms with Gasteiger partial charge in [-0.05, 0) is 72.1 Å². The minimum Gasteiger partial charge on any atom is -0.469 e. The lowest BCUT2D eigenvalue weighted by Gasteiger charge is -2.21. The summed E-state index contributed by atoms with van der Waals surface area (Å²) < 4.78 is 33.3. The number of rotatable bonds is 11. The standard InChI is InChI=1S/C33H30BrF2NO2S/c1-39-32(38)20-33(15-16-33)21-40-31(14-11-23-6-2-3-8-27(23)34)25-7-4-5-22(17-25)9-12-26-13-10-24-18-28(35)29(36)19-30(24)37-26/h2-10,12-13,17-19,31H,11,14-16,20-21H2,1H3/t31-/m1/s1. The van der Waals surface area contributed by atoms with E-state index in [1.165, 1.54) is 18.2 Å². The van der Waals surface area contributed by atoms with E-state index in [0.29, 0.717) is 23.0 Å². The molecule has 1 aromatic heterocycles. The molecule has 0 N–H and O–H groups in total. The van der Waals surface area contributed by atoms with E-state index in [0.717, 1.165) is 53.6 Å². The van der Waals surface area contributed by atoms with Crippen LogP contribution in [0.4, 0.5) is 8.78 Å². The van der Waals surface area contributed by atoms with Crippen LogP contribution in [0.25, 0.3) is 23.1 Å². The Labute approximate surface area is 246 Å². The van der Waals surface area contributed by atoms with Crippen molar-refractivity contribution in [3.63, 3.8) is 0 Å². The maximum Gasteiger partial charge on any atom is 0.306 e. The highest BCUT2D eigenvalue weighted by atomic mass is 79.9. The van der Waals surface area contributed by atoms with Gasteiger partial charge in [0, 0.05) is 26.9 Å². The van der Waals surface area contributed by atoms with E-state index >= 15 is 0 Å². The molecule has 1 aliphatic rings. The number of thioether (sulfide) groups is 1. The molecule has 1 heterocycles. The van der Waals surface area contributed by atoms with Crippen LogP contribution in [0.1, 0.15) is 53.3 Å². The van der Waals surface area contributed by atoms with E-state index in [2.05, 4.69) is 57.3 Å². The minimum atomic E-state index is -0.903. The molecule has 1 aliphatic carbocycles. The number of carbonyl (C=O) groups is 1. The molecule has 0 radical (unpaired) electrons. The number of nitrogens with zero attached hydrogens (tertiary/aromatic N) is 1. The summed E-state index contributed by atoms with van der Waals surface area (Å²) in [5.74, 6) is -0.995. The number of fused-ring (bicyclic) bond motifs is 1. The first-order valence-corrected chi connectivity index (χ1v) is 15.1. The average Bonchev–Trinajstić information content (AvgIpc) is 3.72. The zero-order valence-electron chi connectivity index (χ0n) is 22.2. The fourth-order valence-electron chi connectivity index (χ4n) is 4.81. The SMILES string of the molecule is COC(=O)CC1(CS[C@H](CCc2ccccc2Br)c2cccc(C=Cc3ccc4cc(F)c(F)cc4n3)c2)CC1. The third-order valence-electron chi connectivity index (χ3n) is 7.41. The average molecular weight is 623 g/mol. The molecule has 206 valence electrons. The molecule has 0 unspecified atom stereocenters. The Morgan fingerprint density at radius 2 is 1.85 bits per heavy atom. The highest BCUT2D eigenvalue weighted by molar-refractivity contribution is 9.10.